The highest BCUT2D eigenvalue weighted by Gasteiger charge is 2.21. The molecule has 1 aromatic heterocycles. The van der Waals surface area contributed by atoms with Gasteiger partial charge >= 0.3 is 5.97 Å². The van der Waals surface area contributed by atoms with Gasteiger partial charge in [-0.05, 0) is 36.3 Å². The summed E-state index contributed by atoms with van der Waals surface area (Å²) in [5.41, 5.74) is 1.22. The van der Waals surface area contributed by atoms with Gasteiger partial charge in [-0.15, -0.1) is 11.3 Å². The quantitative estimate of drug-likeness (QED) is 0.286. The maximum absolute atomic E-state index is 12.6. The third kappa shape index (κ3) is 5.00. The molecule has 0 saturated carbocycles. The van der Waals surface area contributed by atoms with Gasteiger partial charge in [0, 0.05) is 21.2 Å². The second-order valence-electron chi connectivity index (χ2n) is 6.17. The summed E-state index contributed by atoms with van der Waals surface area (Å²) >= 11 is 7.31. The number of rotatable bonds is 7. The van der Waals surface area contributed by atoms with Gasteiger partial charge in [-0.25, -0.2) is 4.79 Å². The number of fused-ring (bicyclic) bond motifs is 1. The van der Waals surface area contributed by atoms with Crippen molar-refractivity contribution in [2.45, 2.75) is 19.8 Å². The van der Waals surface area contributed by atoms with Crippen molar-refractivity contribution >= 4 is 56.0 Å². The van der Waals surface area contributed by atoms with E-state index in [-0.39, 0.29) is 5.91 Å². The molecular weight excluding hydrogens is 394 g/mol. The second kappa shape index (κ2) is 9.53. The van der Waals surface area contributed by atoms with E-state index in [2.05, 4.69) is 5.32 Å². The van der Waals surface area contributed by atoms with E-state index < -0.39 is 5.97 Å². The highest BCUT2D eigenvalue weighted by molar-refractivity contribution is 7.23. The Morgan fingerprint density at radius 3 is 2.79 bits per heavy atom. The van der Waals surface area contributed by atoms with Gasteiger partial charge in [0.15, 0.2) is 0 Å². The first-order valence-corrected chi connectivity index (χ1v) is 10.2. The molecule has 144 valence electrons. The molecule has 6 heteroatoms. The van der Waals surface area contributed by atoms with E-state index >= 15 is 0 Å². The van der Waals surface area contributed by atoms with E-state index in [0.717, 1.165) is 28.5 Å². The van der Waals surface area contributed by atoms with Gasteiger partial charge in [0.1, 0.15) is 10.6 Å². The summed E-state index contributed by atoms with van der Waals surface area (Å²) < 4.78 is 6.30. The summed E-state index contributed by atoms with van der Waals surface area (Å²) in [5, 5.41) is 4.69. The van der Waals surface area contributed by atoms with Gasteiger partial charge < -0.3 is 10.1 Å². The standard InChI is InChI=1S/C22H20ClNO3S/c1-2-3-13-27-22(26)20-17-9-4-5-10-18(17)28-21(20)24-19(25)12-11-15-7-6-8-16(23)14-15/h4-12,14H,2-3,13H2,1H3,(H,24,25)/b12-11+. The SMILES string of the molecule is CCCCOC(=O)c1c(NC(=O)/C=C/c2cccc(Cl)c2)sc2ccccc12. The van der Waals surface area contributed by atoms with E-state index in [1.807, 2.05) is 43.3 Å². The van der Waals surface area contributed by atoms with E-state index in [1.165, 1.54) is 17.4 Å². The predicted octanol–water partition coefficient (Wildman–Crippen LogP) is 6.16. The van der Waals surface area contributed by atoms with Crippen molar-refractivity contribution in [3.05, 3.63) is 70.8 Å². The minimum atomic E-state index is -0.417. The summed E-state index contributed by atoms with van der Waals surface area (Å²) in [7, 11) is 0. The number of unbranched alkanes of at least 4 members (excludes halogenated alkanes) is 1. The Bertz CT molecular complexity index is 1030. The predicted molar refractivity (Wildman–Crippen MR) is 116 cm³/mol. The maximum atomic E-state index is 12.6. The summed E-state index contributed by atoms with van der Waals surface area (Å²) in [6.07, 6.45) is 4.84. The monoisotopic (exact) mass is 413 g/mol. The number of carbonyl (C=O) groups excluding carboxylic acids is 2. The molecule has 3 rings (SSSR count). The van der Waals surface area contributed by atoms with Crippen LogP contribution in [0.15, 0.2) is 54.6 Å². The van der Waals surface area contributed by atoms with E-state index in [1.54, 1.807) is 18.2 Å². The molecule has 0 aliphatic rings. The highest BCUT2D eigenvalue weighted by Crippen LogP contribution is 2.36. The molecule has 1 amide bonds. The minimum Gasteiger partial charge on any atom is -0.462 e. The molecule has 0 unspecified atom stereocenters. The van der Waals surface area contributed by atoms with Crippen molar-refractivity contribution in [1.29, 1.82) is 0 Å². The number of hydrogen-bond acceptors (Lipinski definition) is 4. The van der Waals surface area contributed by atoms with Crippen LogP contribution in [0.4, 0.5) is 5.00 Å². The molecule has 0 bridgehead atoms. The Morgan fingerprint density at radius 2 is 2.00 bits per heavy atom. The lowest BCUT2D eigenvalue weighted by atomic mass is 10.1. The first kappa shape index (κ1) is 20.1. The van der Waals surface area contributed by atoms with Gasteiger partial charge in [0.2, 0.25) is 5.91 Å². The molecule has 0 spiro atoms. The van der Waals surface area contributed by atoms with Gasteiger partial charge in [-0.3, -0.25) is 4.79 Å². The van der Waals surface area contributed by atoms with Crippen LogP contribution in [0.2, 0.25) is 5.02 Å². The molecular formula is C22H20ClNO3S. The third-order valence-corrected chi connectivity index (χ3v) is 5.36. The fourth-order valence-electron chi connectivity index (χ4n) is 2.65. The van der Waals surface area contributed by atoms with Crippen molar-refractivity contribution in [3.63, 3.8) is 0 Å². The number of nitrogens with one attached hydrogen (secondary N) is 1. The topological polar surface area (TPSA) is 55.4 Å². The second-order valence-corrected chi connectivity index (χ2v) is 7.66. The summed E-state index contributed by atoms with van der Waals surface area (Å²) in [6.45, 7) is 2.40. The molecule has 1 N–H and O–H groups in total. The van der Waals surface area contributed by atoms with E-state index in [9.17, 15) is 9.59 Å². The number of carbonyl (C=O) groups is 2. The zero-order chi connectivity index (χ0) is 19.9. The fourth-order valence-corrected chi connectivity index (χ4v) is 3.95. The van der Waals surface area contributed by atoms with Crippen LogP contribution in [0, 0.1) is 0 Å². The number of anilines is 1. The lowest BCUT2D eigenvalue weighted by Crippen LogP contribution is -2.12. The minimum absolute atomic E-state index is 0.325. The first-order valence-electron chi connectivity index (χ1n) is 9.01. The average molecular weight is 414 g/mol. The van der Waals surface area contributed by atoms with Gasteiger partial charge in [-0.1, -0.05) is 55.3 Å². The highest BCUT2D eigenvalue weighted by atomic mass is 35.5. The molecule has 0 fully saturated rings. The number of halogens is 1. The molecule has 0 aliphatic heterocycles. The fraction of sp³-hybridized carbons (Fsp3) is 0.182. The lowest BCUT2D eigenvalue weighted by Gasteiger charge is -2.06. The van der Waals surface area contributed by atoms with Crippen molar-refractivity contribution in [2.24, 2.45) is 0 Å². The van der Waals surface area contributed by atoms with Gasteiger partial charge in [0.25, 0.3) is 0 Å². The van der Waals surface area contributed by atoms with Crippen LogP contribution in [0.1, 0.15) is 35.7 Å². The van der Waals surface area contributed by atoms with Crippen molar-refractivity contribution < 1.29 is 14.3 Å². The molecule has 3 aromatic rings. The van der Waals surface area contributed by atoms with Gasteiger partial charge in [-0.2, -0.15) is 0 Å². The Hall–Kier alpha value is -2.63. The zero-order valence-corrected chi connectivity index (χ0v) is 17.0. The summed E-state index contributed by atoms with van der Waals surface area (Å²) in [4.78, 5) is 25.0. The van der Waals surface area contributed by atoms with Crippen LogP contribution in [0.3, 0.4) is 0 Å². The number of amides is 1. The number of hydrogen-bond donors (Lipinski definition) is 1. The van der Waals surface area contributed by atoms with Crippen LogP contribution in [-0.4, -0.2) is 18.5 Å². The third-order valence-electron chi connectivity index (χ3n) is 4.04. The molecule has 0 atom stereocenters. The van der Waals surface area contributed by atoms with Crippen LogP contribution < -0.4 is 5.32 Å². The Morgan fingerprint density at radius 1 is 1.18 bits per heavy atom. The van der Waals surface area contributed by atoms with Crippen LogP contribution in [0.25, 0.3) is 16.2 Å². The van der Waals surface area contributed by atoms with Crippen molar-refractivity contribution in [1.82, 2.24) is 0 Å². The zero-order valence-electron chi connectivity index (χ0n) is 15.4. The molecule has 4 nitrogen and oxygen atoms in total. The average Bonchev–Trinajstić information content (AvgIpc) is 3.04. The number of esters is 1. The van der Waals surface area contributed by atoms with Crippen LogP contribution in [0.5, 0.6) is 0 Å². The molecule has 0 aliphatic carbocycles. The number of benzene rings is 2. The van der Waals surface area contributed by atoms with E-state index in [0.29, 0.717) is 22.2 Å². The number of ether oxygens (including phenoxy) is 1. The molecule has 1 heterocycles. The Labute approximate surface area is 172 Å². The first-order chi connectivity index (χ1) is 13.6. The normalized spacial score (nSPS) is 11.1. The molecule has 0 saturated heterocycles. The molecule has 0 radical (unpaired) electrons. The smallest absolute Gasteiger partial charge is 0.341 e. The van der Waals surface area contributed by atoms with Gasteiger partial charge in [0.05, 0.1) is 6.61 Å². The molecule has 2 aromatic carbocycles. The Balaban J connectivity index is 1.82. The largest absolute Gasteiger partial charge is 0.462 e. The summed E-state index contributed by atoms with van der Waals surface area (Å²) in [5.74, 6) is -0.742. The maximum Gasteiger partial charge on any atom is 0.341 e. The summed E-state index contributed by atoms with van der Waals surface area (Å²) in [6, 6.07) is 14.7. The van der Waals surface area contributed by atoms with Crippen LogP contribution in [-0.2, 0) is 9.53 Å². The van der Waals surface area contributed by atoms with E-state index in [4.69, 9.17) is 16.3 Å². The lowest BCUT2D eigenvalue weighted by molar-refractivity contribution is -0.111. The molecule has 28 heavy (non-hydrogen) atoms. The van der Waals surface area contributed by atoms with Crippen molar-refractivity contribution in [2.75, 3.05) is 11.9 Å². The van der Waals surface area contributed by atoms with Crippen LogP contribution >= 0.6 is 22.9 Å². The number of thiophene rings is 1. The Kier molecular flexibility index (Phi) is 6.85. The van der Waals surface area contributed by atoms with Crippen molar-refractivity contribution in [3.8, 4) is 0 Å².